The number of β-amino-alcohol motifs (C(OH)–C–C–N with tert-alkyl or cyclic N) is 1. The number of hydrogen-bond acceptors (Lipinski definition) is 4. The normalized spacial score (nSPS) is 23.2. The molecular formula is C12H18N2O3S. The molecule has 1 heterocycles. The predicted molar refractivity (Wildman–Crippen MR) is 68.4 cm³/mol. The zero-order valence-corrected chi connectivity index (χ0v) is 11.1. The lowest BCUT2D eigenvalue weighted by molar-refractivity contribution is 0.189. The maximum atomic E-state index is 12.3. The van der Waals surface area contributed by atoms with Crippen molar-refractivity contribution in [2.45, 2.75) is 30.4 Å². The molecule has 1 aliphatic heterocycles. The Hall–Kier alpha value is -0.950. The Bertz CT molecular complexity index is 528. The van der Waals surface area contributed by atoms with E-state index in [-0.39, 0.29) is 17.5 Å². The number of aliphatic hydroxyl groups excluding tert-OH is 1. The van der Waals surface area contributed by atoms with E-state index in [1.165, 1.54) is 4.31 Å². The molecule has 0 spiro atoms. The number of rotatable bonds is 3. The SMILES string of the molecule is CC(N)c1cccc(S(=O)(=O)N2CCC(O)C2)c1. The fourth-order valence-corrected chi connectivity index (χ4v) is 3.58. The number of nitrogens with zero attached hydrogens (tertiary/aromatic N) is 1. The van der Waals surface area contributed by atoms with Crippen LogP contribution in [0.4, 0.5) is 0 Å². The summed E-state index contributed by atoms with van der Waals surface area (Å²) >= 11 is 0. The van der Waals surface area contributed by atoms with Gasteiger partial charge in [0.1, 0.15) is 0 Å². The van der Waals surface area contributed by atoms with Crippen molar-refractivity contribution in [3.63, 3.8) is 0 Å². The maximum Gasteiger partial charge on any atom is 0.243 e. The van der Waals surface area contributed by atoms with Crippen molar-refractivity contribution in [2.75, 3.05) is 13.1 Å². The summed E-state index contributed by atoms with van der Waals surface area (Å²) in [4.78, 5) is 0.242. The van der Waals surface area contributed by atoms with Gasteiger partial charge in [0, 0.05) is 19.1 Å². The van der Waals surface area contributed by atoms with Crippen LogP contribution < -0.4 is 5.73 Å². The highest BCUT2D eigenvalue weighted by Crippen LogP contribution is 2.23. The second-order valence-corrected chi connectivity index (χ2v) is 6.60. The monoisotopic (exact) mass is 270 g/mol. The molecule has 0 aromatic heterocycles. The standard InChI is InChI=1S/C12H18N2O3S/c1-9(13)10-3-2-4-12(7-10)18(16,17)14-6-5-11(15)8-14/h2-4,7,9,11,15H,5-6,8,13H2,1H3. The molecule has 6 heteroatoms. The number of aliphatic hydroxyl groups is 1. The van der Waals surface area contributed by atoms with Crippen LogP contribution in [0.25, 0.3) is 0 Å². The minimum atomic E-state index is -3.51. The highest BCUT2D eigenvalue weighted by atomic mass is 32.2. The van der Waals surface area contributed by atoms with Gasteiger partial charge in [-0.25, -0.2) is 8.42 Å². The van der Waals surface area contributed by atoms with Crippen molar-refractivity contribution in [2.24, 2.45) is 5.73 Å². The van der Waals surface area contributed by atoms with E-state index in [2.05, 4.69) is 0 Å². The van der Waals surface area contributed by atoms with Gasteiger partial charge < -0.3 is 10.8 Å². The van der Waals surface area contributed by atoms with Gasteiger partial charge in [-0.15, -0.1) is 0 Å². The highest BCUT2D eigenvalue weighted by molar-refractivity contribution is 7.89. The van der Waals surface area contributed by atoms with Gasteiger partial charge in [-0.3, -0.25) is 0 Å². The molecule has 0 aliphatic carbocycles. The zero-order valence-electron chi connectivity index (χ0n) is 10.3. The molecule has 2 unspecified atom stereocenters. The smallest absolute Gasteiger partial charge is 0.243 e. The van der Waals surface area contributed by atoms with Gasteiger partial charge in [-0.1, -0.05) is 12.1 Å². The number of hydrogen-bond donors (Lipinski definition) is 2. The molecule has 1 saturated heterocycles. The van der Waals surface area contributed by atoms with E-state index in [0.29, 0.717) is 13.0 Å². The molecule has 0 radical (unpaired) electrons. The number of nitrogens with two attached hydrogens (primary N) is 1. The summed E-state index contributed by atoms with van der Waals surface area (Å²) < 4.78 is 26.0. The second kappa shape index (κ2) is 4.97. The first-order valence-corrected chi connectivity index (χ1v) is 7.39. The Kier molecular flexibility index (Phi) is 3.72. The minimum Gasteiger partial charge on any atom is -0.392 e. The molecule has 18 heavy (non-hydrogen) atoms. The van der Waals surface area contributed by atoms with Crippen molar-refractivity contribution >= 4 is 10.0 Å². The minimum absolute atomic E-state index is 0.171. The van der Waals surface area contributed by atoms with Crippen molar-refractivity contribution in [3.8, 4) is 0 Å². The Labute approximate surface area is 107 Å². The molecule has 0 saturated carbocycles. The summed E-state index contributed by atoms with van der Waals surface area (Å²) in [6.45, 7) is 2.35. The van der Waals surface area contributed by atoms with Gasteiger partial charge in [0.25, 0.3) is 0 Å². The van der Waals surface area contributed by atoms with E-state index in [9.17, 15) is 13.5 Å². The first-order valence-electron chi connectivity index (χ1n) is 5.95. The molecule has 5 nitrogen and oxygen atoms in total. The van der Waals surface area contributed by atoms with Gasteiger partial charge in [-0.05, 0) is 31.0 Å². The lowest BCUT2D eigenvalue weighted by atomic mass is 10.1. The average molecular weight is 270 g/mol. The molecule has 2 rings (SSSR count). The molecule has 1 aromatic rings. The predicted octanol–water partition coefficient (Wildman–Crippen LogP) is 0.462. The van der Waals surface area contributed by atoms with E-state index in [4.69, 9.17) is 5.73 Å². The summed E-state index contributed by atoms with van der Waals surface area (Å²) in [6.07, 6.45) is -0.0666. The number of sulfonamides is 1. The van der Waals surface area contributed by atoms with E-state index in [1.807, 2.05) is 13.0 Å². The Balaban J connectivity index is 2.32. The van der Waals surface area contributed by atoms with Crippen LogP contribution in [0.5, 0.6) is 0 Å². The Morgan fingerprint density at radius 2 is 2.22 bits per heavy atom. The van der Waals surface area contributed by atoms with Gasteiger partial charge in [0.2, 0.25) is 10.0 Å². The van der Waals surface area contributed by atoms with Crippen molar-refractivity contribution in [3.05, 3.63) is 29.8 Å². The summed E-state index contributed by atoms with van der Waals surface area (Å²) in [5, 5.41) is 9.43. The average Bonchev–Trinajstić information content (AvgIpc) is 2.77. The first-order chi connectivity index (χ1) is 8.41. The van der Waals surface area contributed by atoms with Crippen LogP contribution >= 0.6 is 0 Å². The van der Waals surface area contributed by atoms with Gasteiger partial charge in [0.05, 0.1) is 11.0 Å². The summed E-state index contributed by atoms with van der Waals surface area (Å²) in [7, 11) is -3.51. The highest BCUT2D eigenvalue weighted by Gasteiger charge is 2.31. The van der Waals surface area contributed by atoms with Crippen LogP contribution in [-0.4, -0.2) is 37.0 Å². The van der Waals surface area contributed by atoms with Crippen LogP contribution in [0, 0.1) is 0 Å². The van der Waals surface area contributed by atoms with Crippen molar-refractivity contribution < 1.29 is 13.5 Å². The van der Waals surface area contributed by atoms with Crippen LogP contribution in [0.2, 0.25) is 0 Å². The van der Waals surface area contributed by atoms with Crippen molar-refractivity contribution in [1.29, 1.82) is 0 Å². The van der Waals surface area contributed by atoms with E-state index in [0.717, 1.165) is 5.56 Å². The van der Waals surface area contributed by atoms with E-state index >= 15 is 0 Å². The fourth-order valence-electron chi connectivity index (χ4n) is 2.04. The van der Waals surface area contributed by atoms with Crippen molar-refractivity contribution in [1.82, 2.24) is 4.31 Å². The Morgan fingerprint density at radius 3 is 2.78 bits per heavy atom. The summed E-state index contributed by atoms with van der Waals surface area (Å²) in [5.74, 6) is 0. The largest absolute Gasteiger partial charge is 0.392 e. The molecule has 0 bridgehead atoms. The van der Waals surface area contributed by atoms with Crippen LogP contribution in [-0.2, 0) is 10.0 Å². The third kappa shape index (κ3) is 2.56. The quantitative estimate of drug-likeness (QED) is 0.836. The maximum absolute atomic E-state index is 12.3. The molecule has 1 aliphatic rings. The molecular weight excluding hydrogens is 252 g/mol. The fraction of sp³-hybridized carbons (Fsp3) is 0.500. The zero-order chi connectivity index (χ0) is 13.3. The molecule has 100 valence electrons. The van der Waals surface area contributed by atoms with Gasteiger partial charge in [-0.2, -0.15) is 4.31 Å². The molecule has 0 amide bonds. The van der Waals surface area contributed by atoms with Gasteiger partial charge >= 0.3 is 0 Å². The molecule has 1 aromatic carbocycles. The summed E-state index contributed by atoms with van der Waals surface area (Å²) in [5.41, 5.74) is 6.54. The number of benzene rings is 1. The topological polar surface area (TPSA) is 83.6 Å². The lowest BCUT2D eigenvalue weighted by Gasteiger charge is -2.16. The van der Waals surface area contributed by atoms with E-state index < -0.39 is 16.1 Å². The van der Waals surface area contributed by atoms with Gasteiger partial charge in [0.15, 0.2) is 0 Å². The summed E-state index contributed by atoms with van der Waals surface area (Å²) in [6, 6.07) is 6.46. The van der Waals surface area contributed by atoms with Crippen LogP contribution in [0.1, 0.15) is 24.9 Å². The lowest BCUT2D eigenvalue weighted by Crippen LogP contribution is -2.29. The Morgan fingerprint density at radius 1 is 1.50 bits per heavy atom. The third-order valence-electron chi connectivity index (χ3n) is 3.15. The second-order valence-electron chi connectivity index (χ2n) is 4.67. The first kappa shape index (κ1) is 13.5. The third-order valence-corrected chi connectivity index (χ3v) is 5.01. The van der Waals surface area contributed by atoms with Crippen LogP contribution in [0.15, 0.2) is 29.2 Å². The van der Waals surface area contributed by atoms with E-state index in [1.54, 1.807) is 18.2 Å². The van der Waals surface area contributed by atoms with Crippen LogP contribution in [0.3, 0.4) is 0 Å². The molecule has 1 fully saturated rings. The molecule has 3 N–H and O–H groups in total. The molecule has 2 atom stereocenters.